The average molecular weight is 397 g/mol. The molecule has 5 nitrogen and oxygen atoms in total. The monoisotopic (exact) mass is 396 g/mol. The molecule has 4 aromatic rings. The van der Waals surface area contributed by atoms with E-state index in [0.717, 1.165) is 22.4 Å². The number of fused-ring (bicyclic) bond motifs is 3. The molecule has 0 aliphatic heterocycles. The Morgan fingerprint density at radius 2 is 1.89 bits per heavy atom. The second-order valence-corrected chi connectivity index (χ2v) is 7.68. The van der Waals surface area contributed by atoms with Crippen LogP contribution in [0.15, 0.2) is 30.3 Å². The molecule has 1 fully saturated rings. The number of ether oxygens (including phenoxy) is 1. The molecule has 142 valence electrons. The van der Waals surface area contributed by atoms with Gasteiger partial charge in [-0.25, -0.2) is 14.4 Å². The maximum absolute atomic E-state index is 13.6. The summed E-state index contributed by atoms with van der Waals surface area (Å²) in [5.41, 5.74) is 4.55. The second-order valence-electron chi connectivity index (χ2n) is 7.27. The molecule has 1 saturated carbocycles. The fourth-order valence-corrected chi connectivity index (χ4v) is 3.74. The number of halogens is 2. The van der Waals surface area contributed by atoms with E-state index in [0.29, 0.717) is 40.5 Å². The van der Waals surface area contributed by atoms with Gasteiger partial charge in [-0.15, -0.1) is 0 Å². The maximum Gasteiger partial charge on any atom is 0.215 e. The highest BCUT2D eigenvalue weighted by Crippen LogP contribution is 2.33. The Morgan fingerprint density at radius 3 is 2.64 bits per heavy atom. The van der Waals surface area contributed by atoms with Crippen molar-refractivity contribution in [3.8, 4) is 17.3 Å². The number of aromatic nitrogens is 4. The maximum atomic E-state index is 13.6. The number of rotatable bonds is 4. The molecule has 3 aromatic heterocycles. The van der Waals surface area contributed by atoms with E-state index in [1.54, 1.807) is 6.07 Å². The molecule has 0 amide bonds. The third-order valence-corrected chi connectivity index (χ3v) is 5.37. The first-order chi connectivity index (χ1) is 13.5. The van der Waals surface area contributed by atoms with Crippen molar-refractivity contribution in [2.75, 3.05) is 6.61 Å². The van der Waals surface area contributed by atoms with E-state index in [9.17, 15) is 4.39 Å². The van der Waals surface area contributed by atoms with Crippen LogP contribution in [0.25, 0.3) is 28.1 Å². The van der Waals surface area contributed by atoms with Gasteiger partial charge >= 0.3 is 0 Å². The summed E-state index contributed by atoms with van der Waals surface area (Å²) in [7, 11) is 0. The van der Waals surface area contributed by atoms with Gasteiger partial charge < -0.3 is 4.74 Å². The van der Waals surface area contributed by atoms with Crippen LogP contribution in [-0.4, -0.2) is 26.0 Å². The Hall–Kier alpha value is -2.73. The Balaban J connectivity index is 1.77. The molecule has 1 aliphatic rings. The second kappa shape index (κ2) is 6.41. The average Bonchev–Trinajstić information content (AvgIpc) is 3.42. The third-order valence-electron chi connectivity index (χ3n) is 5.06. The molecule has 0 bridgehead atoms. The van der Waals surface area contributed by atoms with Crippen molar-refractivity contribution >= 4 is 28.3 Å². The molecule has 0 radical (unpaired) electrons. The fourth-order valence-electron chi connectivity index (χ4n) is 3.49. The number of benzene rings is 1. The zero-order valence-corrected chi connectivity index (χ0v) is 16.3. The molecule has 0 unspecified atom stereocenters. The number of hydrogen-bond donors (Lipinski definition) is 0. The Bertz CT molecular complexity index is 1230. The van der Waals surface area contributed by atoms with Gasteiger partial charge in [-0.05, 0) is 56.9 Å². The first-order valence-corrected chi connectivity index (χ1v) is 9.63. The van der Waals surface area contributed by atoms with Crippen molar-refractivity contribution < 1.29 is 9.13 Å². The summed E-state index contributed by atoms with van der Waals surface area (Å²) in [5, 5.41) is 0.302. The van der Waals surface area contributed by atoms with Gasteiger partial charge in [0.2, 0.25) is 5.88 Å². The molecule has 1 aliphatic carbocycles. The smallest absolute Gasteiger partial charge is 0.215 e. The topological polar surface area (TPSA) is 52.3 Å². The number of aryl methyl sites for hydroxylation is 2. The summed E-state index contributed by atoms with van der Waals surface area (Å²) in [6, 6.07) is 8.06. The predicted octanol–water partition coefficient (Wildman–Crippen LogP) is 5.14. The highest BCUT2D eigenvalue weighted by atomic mass is 35.5. The third kappa shape index (κ3) is 2.88. The lowest BCUT2D eigenvalue weighted by atomic mass is 10.2. The van der Waals surface area contributed by atoms with Gasteiger partial charge in [0.05, 0.1) is 28.5 Å². The van der Waals surface area contributed by atoms with E-state index in [1.165, 1.54) is 25.0 Å². The number of nitrogens with zero attached hydrogens (tertiary/aromatic N) is 4. The largest absolute Gasteiger partial charge is 0.477 e. The molecule has 7 heteroatoms. The predicted molar refractivity (Wildman–Crippen MR) is 106 cm³/mol. The van der Waals surface area contributed by atoms with Crippen molar-refractivity contribution in [1.29, 1.82) is 0 Å². The Kier molecular flexibility index (Phi) is 3.98. The van der Waals surface area contributed by atoms with E-state index in [1.807, 2.05) is 30.4 Å². The van der Waals surface area contributed by atoms with Gasteiger partial charge in [-0.1, -0.05) is 11.6 Å². The molecule has 1 aromatic carbocycles. The van der Waals surface area contributed by atoms with Crippen LogP contribution in [0, 0.1) is 25.6 Å². The van der Waals surface area contributed by atoms with E-state index in [2.05, 4.69) is 4.98 Å². The minimum absolute atomic E-state index is 0.302. The van der Waals surface area contributed by atoms with Crippen LogP contribution in [0.5, 0.6) is 5.88 Å². The van der Waals surface area contributed by atoms with Crippen molar-refractivity contribution in [2.45, 2.75) is 26.7 Å². The van der Waals surface area contributed by atoms with Gasteiger partial charge in [-0.3, -0.25) is 4.40 Å². The number of hydrogen-bond acceptors (Lipinski definition) is 4. The minimum atomic E-state index is -0.386. The van der Waals surface area contributed by atoms with Crippen LogP contribution in [0.4, 0.5) is 4.39 Å². The quantitative estimate of drug-likeness (QED) is 0.479. The van der Waals surface area contributed by atoms with Crippen LogP contribution in [0.1, 0.15) is 24.2 Å². The Morgan fingerprint density at radius 1 is 1.11 bits per heavy atom. The molecular weight excluding hydrogens is 379 g/mol. The lowest BCUT2D eigenvalue weighted by Gasteiger charge is -2.10. The molecule has 28 heavy (non-hydrogen) atoms. The normalized spacial score (nSPS) is 14.1. The van der Waals surface area contributed by atoms with E-state index < -0.39 is 0 Å². The van der Waals surface area contributed by atoms with Crippen molar-refractivity contribution in [3.63, 3.8) is 0 Å². The number of pyridine rings is 1. The lowest BCUT2D eigenvalue weighted by molar-refractivity contribution is 0.289. The molecule has 3 heterocycles. The zero-order chi connectivity index (χ0) is 19.4. The molecule has 0 saturated heterocycles. The van der Waals surface area contributed by atoms with Gasteiger partial charge in [0, 0.05) is 11.6 Å². The van der Waals surface area contributed by atoms with E-state index in [-0.39, 0.29) is 5.82 Å². The number of imidazole rings is 1. The lowest BCUT2D eigenvalue weighted by Crippen LogP contribution is -2.04. The zero-order valence-electron chi connectivity index (χ0n) is 15.5. The highest BCUT2D eigenvalue weighted by molar-refractivity contribution is 6.33. The summed E-state index contributed by atoms with van der Waals surface area (Å²) >= 11 is 6.33. The molecule has 5 rings (SSSR count). The SMILES string of the molecule is Cc1nc(-c2ccc(F)cc2Cl)n2c1c(C)nc1ccc(OCC3CC3)nc12. The highest BCUT2D eigenvalue weighted by Gasteiger charge is 2.23. The summed E-state index contributed by atoms with van der Waals surface area (Å²) in [5.74, 6) is 1.43. The first-order valence-electron chi connectivity index (χ1n) is 9.26. The van der Waals surface area contributed by atoms with Crippen LogP contribution in [-0.2, 0) is 0 Å². The molecule has 0 N–H and O–H groups in total. The summed E-state index contributed by atoms with van der Waals surface area (Å²) in [4.78, 5) is 14.1. The van der Waals surface area contributed by atoms with Crippen LogP contribution in [0.2, 0.25) is 5.02 Å². The van der Waals surface area contributed by atoms with Crippen LogP contribution < -0.4 is 4.74 Å². The van der Waals surface area contributed by atoms with Crippen LogP contribution >= 0.6 is 11.6 Å². The van der Waals surface area contributed by atoms with Gasteiger partial charge in [0.15, 0.2) is 5.65 Å². The Labute approximate surface area is 166 Å². The van der Waals surface area contributed by atoms with Gasteiger partial charge in [-0.2, -0.15) is 4.98 Å². The van der Waals surface area contributed by atoms with Crippen molar-refractivity contribution in [1.82, 2.24) is 19.4 Å². The standard InChI is InChI=1S/C21H18ClFN4O/c1-11-19-12(2)25-20(15-6-5-14(23)9-16(15)22)27(19)21-17(24-11)7-8-18(26-21)28-10-13-3-4-13/h5-9,13H,3-4,10H2,1-2H3. The van der Waals surface area contributed by atoms with E-state index >= 15 is 0 Å². The summed E-state index contributed by atoms with van der Waals surface area (Å²) in [6.07, 6.45) is 2.43. The van der Waals surface area contributed by atoms with Crippen LogP contribution in [0.3, 0.4) is 0 Å². The van der Waals surface area contributed by atoms with Crippen molar-refractivity contribution in [2.24, 2.45) is 5.92 Å². The van der Waals surface area contributed by atoms with Crippen molar-refractivity contribution in [3.05, 3.63) is 52.6 Å². The molecule has 0 spiro atoms. The minimum Gasteiger partial charge on any atom is -0.477 e. The van der Waals surface area contributed by atoms with Gasteiger partial charge in [0.25, 0.3) is 0 Å². The first kappa shape index (κ1) is 17.4. The summed E-state index contributed by atoms with van der Waals surface area (Å²) in [6.45, 7) is 4.54. The van der Waals surface area contributed by atoms with Gasteiger partial charge in [0.1, 0.15) is 17.2 Å². The summed E-state index contributed by atoms with van der Waals surface area (Å²) < 4.78 is 21.4. The van der Waals surface area contributed by atoms with E-state index in [4.69, 9.17) is 26.3 Å². The fraction of sp³-hybridized carbons (Fsp3) is 0.286. The molecule has 0 atom stereocenters. The molecular formula is C21H18ClFN4O.